The lowest BCUT2D eigenvalue weighted by Crippen LogP contribution is -2.35. The number of halogens is 3. The van der Waals surface area contributed by atoms with E-state index in [1.165, 1.54) is 36.7 Å². The smallest absolute Gasteiger partial charge is 0.416 e. The van der Waals surface area contributed by atoms with Crippen molar-refractivity contribution in [1.29, 1.82) is 0 Å². The minimum Gasteiger partial charge on any atom is -0.486 e. The number of carbonyl (C=O) groups excluding carboxylic acids is 1. The molecule has 30 heavy (non-hydrogen) atoms. The third-order valence-corrected chi connectivity index (χ3v) is 6.03. The van der Waals surface area contributed by atoms with Crippen LogP contribution in [-0.2, 0) is 24.6 Å². The topological polar surface area (TPSA) is 69.0 Å². The predicted molar refractivity (Wildman–Crippen MR) is 107 cm³/mol. The highest BCUT2D eigenvalue weighted by Crippen LogP contribution is 2.31. The maximum atomic E-state index is 12.8. The van der Waals surface area contributed by atoms with Crippen LogP contribution in [0.25, 0.3) is 0 Å². The Balaban J connectivity index is 1.50. The second-order valence-corrected chi connectivity index (χ2v) is 8.26. The summed E-state index contributed by atoms with van der Waals surface area (Å²) in [6.45, 7) is -0.0281. The van der Waals surface area contributed by atoms with Crippen LogP contribution in [0.4, 0.5) is 13.2 Å². The zero-order valence-corrected chi connectivity index (χ0v) is 17.6. The SMILES string of the molecule is Cn1c(COc2cccc(C(F)(F)F)c2)nnc1SCC(=O)NC1CCCCCC1. The number of hydrogen-bond acceptors (Lipinski definition) is 5. The fourth-order valence-electron chi connectivity index (χ4n) is 3.33. The molecule has 0 unspecified atom stereocenters. The number of rotatable bonds is 7. The Morgan fingerprint density at radius 3 is 2.67 bits per heavy atom. The molecule has 1 saturated carbocycles. The van der Waals surface area contributed by atoms with E-state index in [0.717, 1.165) is 37.8 Å². The number of nitrogens with one attached hydrogen (secondary N) is 1. The lowest BCUT2D eigenvalue weighted by atomic mass is 10.1. The van der Waals surface area contributed by atoms with Crippen LogP contribution < -0.4 is 10.1 Å². The molecule has 1 fully saturated rings. The number of ether oxygens (including phenoxy) is 1. The third kappa shape index (κ3) is 6.38. The normalized spacial score (nSPS) is 15.6. The molecule has 1 heterocycles. The zero-order chi connectivity index (χ0) is 21.6. The van der Waals surface area contributed by atoms with Gasteiger partial charge in [0.05, 0.1) is 11.3 Å². The molecule has 1 amide bonds. The molecule has 1 aliphatic carbocycles. The fourth-order valence-corrected chi connectivity index (χ4v) is 4.07. The van der Waals surface area contributed by atoms with E-state index in [0.29, 0.717) is 11.0 Å². The van der Waals surface area contributed by atoms with Gasteiger partial charge in [0.25, 0.3) is 0 Å². The predicted octanol–water partition coefficient (Wildman–Crippen LogP) is 4.34. The lowest BCUT2D eigenvalue weighted by Gasteiger charge is -2.15. The van der Waals surface area contributed by atoms with Crippen molar-refractivity contribution >= 4 is 17.7 Å². The van der Waals surface area contributed by atoms with Gasteiger partial charge in [0, 0.05) is 13.1 Å². The van der Waals surface area contributed by atoms with E-state index >= 15 is 0 Å². The molecule has 1 aromatic carbocycles. The van der Waals surface area contributed by atoms with Crippen LogP contribution in [0.15, 0.2) is 29.4 Å². The Hall–Kier alpha value is -2.23. The van der Waals surface area contributed by atoms with Crippen LogP contribution in [0.1, 0.15) is 49.9 Å². The fraction of sp³-hybridized carbons (Fsp3) is 0.550. The lowest BCUT2D eigenvalue weighted by molar-refractivity contribution is -0.137. The Labute approximate surface area is 177 Å². The summed E-state index contributed by atoms with van der Waals surface area (Å²) in [7, 11) is 1.73. The minimum atomic E-state index is -4.43. The first kappa shape index (κ1) is 22.5. The van der Waals surface area contributed by atoms with Crippen molar-refractivity contribution in [1.82, 2.24) is 20.1 Å². The molecule has 0 aliphatic heterocycles. The van der Waals surface area contributed by atoms with E-state index in [9.17, 15) is 18.0 Å². The van der Waals surface area contributed by atoms with E-state index in [2.05, 4.69) is 15.5 Å². The molecular formula is C20H25F3N4O2S. The van der Waals surface area contributed by atoms with Crippen molar-refractivity contribution in [3.05, 3.63) is 35.7 Å². The summed E-state index contributed by atoms with van der Waals surface area (Å²) in [6, 6.07) is 4.94. The molecule has 2 aromatic rings. The molecule has 1 N–H and O–H groups in total. The molecule has 3 rings (SSSR count). The number of aromatic nitrogens is 3. The van der Waals surface area contributed by atoms with E-state index in [4.69, 9.17) is 4.74 Å². The average Bonchev–Trinajstić information content (AvgIpc) is 2.89. The molecule has 1 aliphatic rings. The highest BCUT2D eigenvalue weighted by molar-refractivity contribution is 7.99. The summed E-state index contributed by atoms with van der Waals surface area (Å²) < 4.78 is 45.5. The summed E-state index contributed by atoms with van der Waals surface area (Å²) >= 11 is 1.27. The third-order valence-electron chi connectivity index (χ3n) is 5.01. The Morgan fingerprint density at radius 2 is 1.97 bits per heavy atom. The summed E-state index contributed by atoms with van der Waals surface area (Å²) in [5.74, 6) is 0.761. The molecule has 6 nitrogen and oxygen atoms in total. The van der Waals surface area contributed by atoms with Crippen molar-refractivity contribution in [2.24, 2.45) is 7.05 Å². The van der Waals surface area contributed by atoms with Gasteiger partial charge in [-0.15, -0.1) is 10.2 Å². The summed E-state index contributed by atoms with van der Waals surface area (Å²) in [5, 5.41) is 11.7. The second-order valence-electron chi connectivity index (χ2n) is 7.32. The van der Waals surface area contributed by atoms with Gasteiger partial charge in [-0.3, -0.25) is 4.79 Å². The molecule has 0 bridgehead atoms. The van der Waals surface area contributed by atoms with Crippen LogP contribution in [0.3, 0.4) is 0 Å². The summed E-state index contributed by atoms with van der Waals surface area (Å²) in [4.78, 5) is 12.2. The molecule has 164 valence electrons. The van der Waals surface area contributed by atoms with Gasteiger partial charge >= 0.3 is 6.18 Å². The van der Waals surface area contributed by atoms with Gasteiger partial charge in [0.15, 0.2) is 11.0 Å². The molecule has 10 heteroatoms. The summed E-state index contributed by atoms with van der Waals surface area (Å²) in [6.07, 6.45) is 2.38. The van der Waals surface area contributed by atoms with Gasteiger partial charge in [-0.05, 0) is 31.0 Å². The number of hydrogen-bond donors (Lipinski definition) is 1. The number of carbonyl (C=O) groups is 1. The molecule has 0 spiro atoms. The van der Waals surface area contributed by atoms with Crippen molar-refractivity contribution in [3.63, 3.8) is 0 Å². The van der Waals surface area contributed by atoms with Crippen LogP contribution in [0.5, 0.6) is 5.75 Å². The van der Waals surface area contributed by atoms with Crippen molar-refractivity contribution in [2.75, 3.05) is 5.75 Å². The number of alkyl halides is 3. The zero-order valence-electron chi connectivity index (χ0n) is 16.7. The molecule has 1 aromatic heterocycles. The van der Waals surface area contributed by atoms with E-state index in [-0.39, 0.29) is 30.1 Å². The van der Waals surface area contributed by atoms with Gasteiger partial charge in [-0.2, -0.15) is 13.2 Å². The van der Waals surface area contributed by atoms with Gasteiger partial charge in [0.1, 0.15) is 12.4 Å². The largest absolute Gasteiger partial charge is 0.486 e. The monoisotopic (exact) mass is 442 g/mol. The standard InChI is InChI=1S/C20H25F3N4O2S/c1-27-17(12-29-16-10-6-7-14(11-16)20(21,22)23)25-26-19(27)30-13-18(28)24-15-8-4-2-3-5-9-15/h6-7,10-11,15H,2-5,8-9,12-13H2,1H3,(H,24,28). The minimum absolute atomic E-state index is 0.0281. The maximum Gasteiger partial charge on any atom is 0.416 e. The summed E-state index contributed by atoms with van der Waals surface area (Å²) in [5.41, 5.74) is -0.770. The van der Waals surface area contributed by atoms with Crippen molar-refractivity contribution in [3.8, 4) is 5.75 Å². The number of nitrogens with zero attached hydrogens (tertiary/aromatic N) is 3. The van der Waals surface area contributed by atoms with E-state index in [1.807, 2.05) is 0 Å². The van der Waals surface area contributed by atoms with Gasteiger partial charge in [-0.1, -0.05) is 43.5 Å². The van der Waals surface area contributed by atoms with Crippen molar-refractivity contribution < 1.29 is 22.7 Å². The molecule has 0 saturated heterocycles. The van der Waals surface area contributed by atoms with Crippen LogP contribution in [0.2, 0.25) is 0 Å². The first-order chi connectivity index (χ1) is 14.3. The Morgan fingerprint density at radius 1 is 1.23 bits per heavy atom. The molecular weight excluding hydrogens is 417 g/mol. The quantitative estimate of drug-likeness (QED) is 0.510. The van der Waals surface area contributed by atoms with Crippen molar-refractivity contribution in [2.45, 2.75) is 62.5 Å². The highest BCUT2D eigenvalue weighted by atomic mass is 32.2. The van der Waals surface area contributed by atoms with Gasteiger partial charge in [-0.25, -0.2) is 0 Å². The number of benzene rings is 1. The average molecular weight is 443 g/mol. The van der Waals surface area contributed by atoms with Crippen LogP contribution in [-0.4, -0.2) is 32.5 Å². The van der Waals surface area contributed by atoms with Crippen LogP contribution >= 0.6 is 11.8 Å². The van der Waals surface area contributed by atoms with E-state index < -0.39 is 11.7 Å². The van der Waals surface area contributed by atoms with E-state index in [1.54, 1.807) is 11.6 Å². The first-order valence-corrected chi connectivity index (χ1v) is 10.9. The van der Waals surface area contributed by atoms with Gasteiger partial charge in [0.2, 0.25) is 5.91 Å². The Bertz CT molecular complexity index is 849. The Kier molecular flexibility index (Phi) is 7.63. The molecule has 0 atom stereocenters. The molecule has 0 radical (unpaired) electrons. The second kappa shape index (κ2) is 10.2. The first-order valence-electron chi connectivity index (χ1n) is 9.93. The number of amides is 1. The van der Waals surface area contributed by atoms with Gasteiger partial charge < -0.3 is 14.6 Å². The highest BCUT2D eigenvalue weighted by Gasteiger charge is 2.30. The van der Waals surface area contributed by atoms with Crippen LogP contribution in [0, 0.1) is 0 Å². The maximum absolute atomic E-state index is 12.8. The number of thioether (sulfide) groups is 1.